The molecule has 96 valence electrons. The number of rotatable bonds is 3. The Morgan fingerprint density at radius 3 is 2.18 bits per heavy atom. The summed E-state index contributed by atoms with van der Waals surface area (Å²) in [5.74, 6) is -0.372. The van der Waals surface area contributed by atoms with Gasteiger partial charge in [-0.1, -0.05) is 19.9 Å². The molecule has 0 spiro atoms. The summed E-state index contributed by atoms with van der Waals surface area (Å²) in [5, 5.41) is 9.61. The van der Waals surface area contributed by atoms with E-state index in [0.717, 1.165) is 6.07 Å². The topological polar surface area (TPSA) is 33.1 Å². The second-order valence-electron chi connectivity index (χ2n) is 4.46. The lowest BCUT2D eigenvalue weighted by atomic mass is 9.87. The number of alkyl halides is 3. The first-order valence-electron chi connectivity index (χ1n) is 5.45. The number of halogens is 3. The van der Waals surface area contributed by atoms with Gasteiger partial charge in [-0.2, -0.15) is 13.2 Å². The average molecular weight is 247 g/mol. The molecule has 0 bridgehead atoms. The Bertz CT molecular complexity index is 366. The molecule has 17 heavy (non-hydrogen) atoms. The summed E-state index contributed by atoms with van der Waals surface area (Å²) in [7, 11) is 0. The molecule has 1 heterocycles. The lowest BCUT2D eigenvalue weighted by molar-refractivity contribution is -0.141. The number of nitrogens with zero attached hydrogens (tertiary/aromatic N) is 1. The molecule has 0 aromatic carbocycles. The standard InChI is InChI=1S/C12H16F3NO/c1-7(2)11(8(3)17)9-5-4-6-10(16-9)12(13,14)15/h4-8,11,17H,1-3H3. The zero-order valence-electron chi connectivity index (χ0n) is 9.99. The Kier molecular flexibility index (Phi) is 4.14. The van der Waals surface area contributed by atoms with Gasteiger partial charge >= 0.3 is 6.18 Å². The Hall–Kier alpha value is -1.10. The van der Waals surface area contributed by atoms with Gasteiger partial charge in [0.05, 0.1) is 6.10 Å². The van der Waals surface area contributed by atoms with Crippen LogP contribution in [-0.2, 0) is 6.18 Å². The lowest BCUT2D eigenvalue weighted by Crippen LogP contribution is -2.22. The van der Waals surface area contributed by atoms with Crippen molar-refractivity contribution in [3.63, 3.8) is 0 Å². The van der Waals surface area contributed by atoms with Crippen molar-refractivity contribution in [3.05, 3.63) is 29.6 Å². The van der Waals surface area contributed by atoms with E-state index in [4.69, 9.17) is 0 Å². The first-order valence-corrected chi connectivity index (χ1v) is 5.45. The fraction of sp³-hybridized carbons (Fsp3) is 0.583. The summed E-state index contributed by atoms with van der Waals surface area (Å²) >= 11 is 0. The highest BCUT2D eigenvalue weighted by Crippen LogP contribution is 2.31. The summed E-state index contributed by atoms with van der Waals surface area (Å²) in [6, 6.07) is 3.78. The van der Waals surface area contributed by atoms with E-state index in [9.17, 15) is 18.3 Å². The molecule has 0 saturated carbocycles. The van der Waals surface area contributed by atoms with Crippen molar-refractivity contribution in [2.24, 2.45) is 5.92 Å². The van der Waals surface area contributed by atoms with Crippen molar-refractivity contribution in [2.45, 2.75) is 39.0 Å². The second-order valence-corrected chi connectivity index (χ2v) is 4.46. The molecule has 0 fully saturated rings. The van der Waals surface area contributed by atoms with Crippen LogP contribution in [0.1, 0.15) is 38.1 Å². The molecule has 2 nitrogen and oxygen atoms in total. The van der Waals surface area contributed by atoms with Crippen molar-refractivity contribution < 1.29 is 18.3 Å². The number of aliphatic hydroxyl groups excluding tert-OH is 1. The van der Waals surface area contributed by atoms with Crippen LogP contribution in [0, 0.1) is 5.92 Å². The Morgan fingerprint density at radius 1 is 1.18 bits per heavy atom. The molecule has 0 saturated heterocycles. The lowest BCUT2D eigenvalue weighted by Gasteiger charge is -2.23. The van der Waals surface area contributed by atoms with E-state index >= 15 is 0 Å². The molecular formula is C12H16F3NO. The van der Waals surface area contributed by atoms with Gasteiger partial charge in [-0.25, -0.2) is 4.98 Å². The van der Waals surface area contributed by atoms with Crippen LogP contribution in [0.2, 0.25) is 0 Å². The number of aromatic nitrogens is 1. The molecule has 2 unspecified atom stereocenters. The van der Waals surface area contributed by atoms with Gasteiger partial charge < -0.3 is 5.11 Å². The molecule has 0 amide bonds. The van der Waals surface area contributed by atoms with Gasteiger partial charge in [0, 0.05) is 11.6 Å². The van der Waals surface area contributed by atoms with Crippen LogP contribution in [0.3, 0.4) is 0 Å². The van der Waals surface area contributed by atoms with E-state index in [1.165, 1.54) is 12.1 Å². The van der Waals surface area contributed by atoms with Gasteiger partial charge in [0.2, 0.25) is 0 Å². The third-order valence-corrected chi connectivity index (χ3v) is 2.64. The summed E-state index contributed by atoms with van der Waals surface area (Å²) in [6.45, 7) is 5.26. The molecule has 1 rings (SSSR count). The van der Waals surface area contributed by atoms with E-state index in [1.807, 2.05) is 13.8 Å². The molecule has 0 aliphatic rings. The predicted molar refractivity (Wildman–Crippen MR) is 58.5 cm³/mol. The highest BCUT2D eigenvalue weighted by atomic mass is 19.4. The first kappa shape index (κ1) is 14.0. The largest absolute Gasteiger partial charge is 0.433 e. The van der Waals surface area contributed by atoms with Gasteiger partial charge in [-0.15, -0.1) is 0 Å². The Labute approximate surface area is 98.5 Å². The maximum Gasteiger partial charge on any atom is 0.433 e. The number of aliphatic hydroxyl groups is 1. The van der Waals surface area contributed by atoms with E-state index in [0.29, 0.717) is 0 Å². The van der Waals surface area contributed by atoms with Crippen LogP contribution in [0.4, 0.5) is 13.2 Å². The maximum atomic E-state index is 12.5. The van der Waals surface area contributed by atoms with E-state index < -0.39 is 23.9 Å². The fourth-order valence-corrected chi connectivity index (χ4v) is 1.94. The van der Waals surface area contributed by atoms with Gasteiger partial charge in [-0.3, -0.25) is 0 Å². The summed E-state index contributed by atoms with van der Waals surface area (Å²) in [4.78, 5) is 3.60. The molecule has 1 aromatic rings. The van der Waals surface area contributed by atoms with E-state index in [-0.39, 0.29) is 11.6 Å². The number of pyridine rings is 1. The van der Waals surface area contributed by atoms with Crippen LogP contribution >= 0.6 is 0 Å². The van der Waals surface area contributed by atoms with Crippen LogP contribution in [0.5, 0.6) is 0 Å². The number of hydrogen-bond donors (Lipinski definition) is 1. The van der Waals surface area contributed by atoms with Crippen molar-refractivity contribution >= 4 is 0 Å². The SMILES string of the molecule is CC(C)C(c1cccc(C(F)(F)F)n1)C(C)O. The van der Waals surface area contributed by atoms with Crippen molar-refractivity contribution in [1.82, 2.24) is 4.98 Å². The van der Waals surface area contributed by atoms with Gasteiger partial charge in [0.15, 0.2) is 0 Å². The molecule has 2 atom stereocenters. The highest BCUT2D eigenvalue weighted by Gasteiger charge is 2.33. The van der Waals surface area contributed by atoms with E-state index in [2.05, 4.69) is 4.98 Å². The smallest absolute Gasteiger partial charge is 0.393 e. The Morgan fingerprint density at radius 2 is 1.76 bits per heavy atom. The first-order chi connectivity index (χ1) is 7.73. The molecule has 1 aromatic heterocycles. The van der Waals surface area contributed by atoms with Crippen molar-refractivity contribution in [3.8, 4) is 0 Å². The summed E-state index contributed by atoms with van der Waals surface area (Å²) < 4.78 is 37.5. The van der Waals surface area contributed by atoms with Gasteiger partial charge in [0.25, 0.3) is 0 Å². The van der Waals surface area contributed by atoms with Gasteiger partial charge in [0.1, 0.15) is 5.69 Å². The van der Waals surface area contributed by atoms with Crippen molar-refractivity contribution in [1.29, 1.82) is 0 Å². The third-order valence-electron chi connectivity index (χ3n) is 2.64. The summed E-state index contributed by atoms with van der Waals surface area (Å²) in [6.07, 6.45) is -5.18. The molecule has 0 aliphatic carbocycles. The molecule has 0 aliphatic heterocycles. The molecule has 5 heteroatoms. The normalized spacial score (nSPS) is 16.0. The average Bonchev–Trinajstić information content (AvgIpc) is 2.15. The predicted octanol–water partition coefficient (Wildman–Crippen LogP) is 3.22. The highest BCUT2D eigenvalue weighted by molar-refractivity contribution is 5.18. The Balaban J connectivity index is 3.14. The summed E-state index contributed by atoms with van der Waals surface area (Å²) in [5.41, 5.74) is -0.633. The molecule has 1 N–H and O–H groups in total. The van der Waals surface area contributed by atoms with Gasteiger partial charge in [-0.05, 0) is 25.0 Å². The minimum atomic E-state index is -4.45. The zero-order chi connectivity index (χ0) is 13.2. The minimum Gasteiger partial charge on any atom is -0.393 e. The van der Waals surface area contributed by atoms with Crippen LogP contribution < -0.4 is 0 Å². The second kappa shape index (κ2) is 5.04. The quantitative estimate of drug-likeness (QED) is 0.889. The van der Waals surface area contributed by atoms with Crippen LogP contribution in [0.15, 0.2) is 18.2 Å². The monoisotopic (exact) mass is 247 g/mol. The van der Waals surface area contributed by atoms with Crippen LogP contribution in [0.25, 0.3) is 0 Å². The third kappa shape index (κ3) is 3.43. The fourth-order valence-electron chi connectivity index (χ4n) is 1.94. The molecule has 0 radical (unpaired) electrons. The maximum absolute atomic E-state index is 12.5. The zero-order valence-corrected chi connectivity index (χ0v) is 9.99. The minimum absolute atomic E-state index is 0.0194. The van der Waals surface area contributed by atoms with Crippen LogP contribution in [-0.4, -0.2) is 16.2 Å². The van der Waals surface area contributed by atoms with E-state index in [1.54, 1.807) is 6.92 Å². The van der Waals surface area contributed by atoms with Crippen molar-refractivity contribution in [2.75, 3.05) is 0 Å². The number of hydrogen-bond acceptors (Lipinski definition) is 2. The molecular weight excluding hydrogens is 231 g/mol.